The summed E-state index contributed by atoms with van der Waals surface area (Å²) >= 11 is 0. The fraction of sp³-hybridized carbons (Fsp3) is 0.333. The van der Waals surface area contributed by atoms with Crippen LogP contribution in [0.5, 0.6) is 5.75 Å². The summed E-state index contributed by atoms with van der Waals surface area (Å²) in [4.78, 5) is 0. The van der Waals surface area contributed by atoms with Gasteiger partial charge in [-0.15, -0.1) is 0 Å². The molecule has 0 radical (unpaired) electrons. The van der Waals surface area contributed by atoms with Gasteiger partial charge in [0, 0.05) is 17.8 Å². The quantitative estimate of drug-likeness (QED) is 0.884. The zero-order chi connectivity index (χ0) is 13.9. The van der Waals surface area contributed by atoms with Crippen molar-refractivity contribution in [2.24, 2.45) is 0 Å². The molecule has 1 aliphatic rings. The highest BCUT2D eigenvalue weighted by atomic mass is 16.5. The van der Waals surface area contributed by atoms with Crippen molar-refractivity contribution < 1.29 is 4.74 Å². The molecule has 0 saturated heterocycles. The van der Waals surface area contributed by atoms with Crippen LogP contribution in [-0.4, -0.2) is 12.6 Å². The lowest BCUT2D eigenvalue weighted by Gasteiger charge is -2.22. The van der Waals surface area contributed by atoms with Crippen LogP contribution in [0.15, 0.2) is 42.5 Å². The number of anilines is 1. The lowest BCUT2D eigenvalue weighted by atomic mass is 9.92. The van der Waals surface area contributed by atoms with Crippen LogP contribution in [0.1, 0.15) is 25.8 Å². The Kier molecular flexibility index (Phi) is 3.64. The van der Waals surface area contributed by atoms with Crippen LogP contribution in [-0.2, 0) is 6.42 Å². The topological polar surface area (TPSA) is 21.3 Å². The van der Waals surface area contributed by atoms with Crippen LogP contribution in [0.4, 0.5) is 5.69 Å². The summed E-state index contributed by atoms with van der Waals surface area (Å²) in [7, 11) is 0. The zero-order valence-electron chi connectivity index (χ0n) is 12.1. The third-order valence-corrected chi connectivity index (χ3v) is 3.63. The molecule has 1 aliphatic heterocycles. The van der Waals surface area contributed by atoms with Gasteiger partial charge in [-0.25, -0.2) is 0 Å². The highest BCUT2D eigenvalue weighted by Gasteiger charge is 2.16. The van der Waals surface area contributed by atoms with Crippen LogP contribution >= 0.6 is 0 Å². The minimum atomic E-state index is 0.189. The van der Waals surface area contributed by atoms with Gasteiger partial charge in [0.15, 0.2) is 0 Å². The molecular formula is C18H21NO. The van der Waals surface area contributed by atoms with Crippen molar-refractivity contribution in [3.63, 3.8) is 0 Å². The fourth-order valence-corrected chi connectivity index (χ4v) is 2.81. The maximum atomic E-state index is 5.97. The smallest absolute Gasteiger partial charge is 0.127 e. The molecule has 2 aromatic rings. The van der Waals surface area contributed by atoms with E-state index in [9.17, 15) is 0 Å². The summed E-state index contributed by atoms with van der Waals surface area (Å²) in [6, 6.07) is 14.8. The molecule has 2 aromatic carbocycles. The molecule has 2 nitrogen and oxygen atoms in total. The lowest BCUT2D eigenvalue weighted by molar-refractivity contribution is 0.243. The van der Waals surface area contributed by atoms with Crippen LogP contribution < -0.4 is 10.1 Å². The third-order valence-electron chi connectivity index (χ3n) is 3.63. The monoisotopic (exact) mass is 267 g/mol. The van der Waals surface area contributed by atoms with Gasteiger partial charge in [-0.05, 0) is 49.9 Å². The van der Waals surface area contributed by atoms with Gasteiger partial charge in [0.25, 0.3) is 0 Å². The molecule has 0 aromatic heterocycles. The molecule has 1 N–H and O–H groups in total. The second-order valence-corrected chi connectivity index (χ2v) is 5.52. The van der Waals surface area contributed by atoms with Crippen molar-refractivity contribution in [1.82, 2.24) is 0 Å². The number of hydrogen-bond donors (Lipinski definition) is 1. The summed E-state index contributed by atoms with van der Waals surface area (Å²) in [5, 5.41) is 3.49. The number of benzene rings is 2. The molecule has 0 bridgehead atoms. The summed E-state index contributed by atoms with van der Waals surface area (Å²) < 4.78 is 5.97. The molecule has 0 atom stereocenters. The Labute approximate surface area is 120 Å². The normalized spacial score (nSPS) is 13.8. The van der Waals surface area contributed by atoms with Crippen molar-refractivity contribution in [1.29, 1.82) is 0 Å². The second-order valence-electron chi connectivity index (χ2n) is 5.52. The number of ether oxygens (including phenoxy) is 1. The van der Waals surface area contributed by atoms with Crippen LogP contribution in [0.25, 0.3) is 11.1 Å². The van der Waals surface area contributed by atoms with E-state index in [2.05, 4.69) is 55.6 Å². The van der Waals surface area contributed by atoms with Gasteiger partial charge in [0.2, 0.25) is 0 Å². The van der Waals surface area contributed by atoms with Gasteiger partial charge < -0.3 is 10.1 Å². The van der Waals surface area contributed by atoms with Gasteiger partial charge in [-0.3, -0.25) is 0 Å². The van der Waals surface area contributed by atoms with Gasteiger partial charge in [-0.1, -0.05) is 30.3 Å². The van der Waals surface area contributed by atoms with E-state index in [0.29, 0.717) is 0 Å². The Hall–Kier alpha value is -1.96. The van der Waals surface area contributed by atoms with Gasteiger partial charge in [-0.2, -0.15) is 0 Å². The second kappa shape index (κ2) is 5.58. The number of nitrogens with one attached hydrogen (secondary N) is 1. The van der Waals surface area contributed by atoms with Crippen LogP contribution in [0.2, 0.25) is 0 Å². The SMILES string of the molecule is CC(C)Oc1ccccc1-c1cccc2c1CCCN2. The van der Waals surface area contributed by atoms with Crippen LogP contribution in [0.3, 0.4) is 0 Å². The molecule has 20 heavy (non-hydrogen) atoms. The minimum Gasteiger partial charge on any atom is -0.490 e. The van der Waals surface area contributed by atoms with E-state index in [-0.39, 0.29) is 6.10 Å². The van der Waals surface area contributed by atoms with Crippen molar-refractivity contribution >= 4 is 5.69 Å². The lowest BCUT2D eigenvalue weighted by Crippen LogP contribution is -2.13. The van der Waals surface area contributed by atoms with E-state index >= 15 is 0 Å². The first kappa shape index (κ1) is 13.0. The number of fused-ring (bicyclic) bond motifs is 1. The van der Waals surface area contributed by atoms with E-state index < -0.39 is 0 Å². The van der Waals surface area contributed by atoms with Gasteiger partial charge in [0.05, 0.1) is 6.10 Å². The average Bonchev–Trinajstić information content (AvgIpc) is 2.47. The van der Waals surface area contributed by atoms with E-state index in [0.717, 1.165) is 18.7 Å². The van der Waals surface area contributed by atoms with Crippen molar-refractivity contribution in [2.75, 3.05) is 11.9 Å². The molecule has 0 unspecified atom stereocenters. The largest absolute Gasteiger partial charge is 0.490 e. The Bertz CT molecular complexity index is 604. The zero-order valence-corrected chi connectivity index (χ0v) is 12.1. The first-order chi connectivity index (χ1) is 9.75. The van der Waals surface area contributed by atoms with E-state index in [1.165, 1.54) is 28.8 Å². The predicted molar refractivity (Wildman–Crippen MR) is 84.5 cm³/mol. The Morgan fingerprint density at radius 2 is 1.80 bits per heavy atom. The predicted octanol–water partition coefficient (Wildman–Crippen LogP) is 4.50. The molecule has 2 heteroatoms. The summed E-state index contributed by atoms with van der Waals surface area (Å²) in [6.45, 7) is 5.21. The van der Waals surface area contributed by atoms with Gasteiger partial charge >= 0.3 is 0 Å². The molecule has 104 valence electrons. The average molecular weight is 267 g/mol. The van der Waals surface area contributed by atoms with E-state index in [1.54, 1.807) is 0 Å². The number of rotatable bonds is 3. The van der Waals surface area contributed by atoms with Crippen molar-refractivity contribution in [3.8, 4) is 16.9 Å². The first-order valence-corrected chi connectivity index (χ1v) is 7.37. The molecule has 0 fully saturated rings. The summed E-state index contributed by atoms with van der Waals surface area (Å²) in [5.74, 6) is 0.974. The standard InChI is InChI=1S/C18H21NO/c1-13(2)20-18-11-4-3-7-16(18)14-8-5-10-17-15(14)9-6-12-19-17/h3-5,7-8,10-11,13,19H,6,9,12H2,1-2H3. The molecule has 0 aliphatic carbocycles. The maximum absolute atomic E-state index is 5.97. The fourth-order valence-electron chi connectivity index (χ4n) is 2.81. The Morgan fingerprint density at radius 3 is 2.65 bits per heavy atom. The van der Waals surface area contributed by atoms with Crippen molar-refractivity contribution in [3.05, 3.63) is 48.0 Å². The molecule has 0 spiro atoms. The molecule has 1 heterocycles. The maximum Gasteiger partial charge on any atom is 0.127 e. The summed E-state index contributed by atoms with van der Waals surface area (Å²) in [6.07, 6.45) is 2.51. The Morgan fingerprint density at radius 1 is 1.00 bits per heavy atom. The van der Waals surface area contributed by atoms with E-state index in [1.807, 2.05) is 6.07 Å². The molecule has 3 rings (SSSR count). The van der Waals surface area contributed by atoms with E-state index in [4.69, 9.17) is 4.74 Å². The first-order valence-electron chi connectivity index (χ1n) is 7.37. The van der Waals surface area contributed by atoms with Crippen LogP contribution in [0, 0.1) is 0 Å². The third kappa shape index (κ3) is 2.51. The van der Waals surface area contributed by atoms with Gasteiger partial charge in [0.1, 0.15) is 5.75 Å². The Balaban J connectivity index is 2.09. The number of hydrogen-bond acceptors (Lipinski definition) is 2. The molecule has 0 saturated carbocycles. The van der Waals surface area contributed by atoms with Crippen molar-refractivity contribution in [2.45, 2.75) is 32.8 Å². The molecule has 0 amide bonds. The number of para-hydroxylation sites is 1. The molecular weight excluding hydrogens is 246 g/mol. The highest BCUT2D eigenvalue weighted by Crippen LogP contribution is 2.37. The summed E-state index contributed by atoms with van der Waals surface area (Å²) in [5.41, 5.74) is 5.18. The highest BCUT2D eigenvalue weighted by molar-refractivity contribution is 5.78. The minimum absolute atomic E-state index is 0.189.